The average Bonchev–Trinajstić information content (AvgIpc) is 3.11. The summed E-state index contributed by atoms with van der Waals surface area (Å²) >= 11 is 1.01. The van der Waals surface area contributed by atoms with E-state index in [0.717, 1.165) is 17.4 Å². The first-order valence-electron chi connectivity index (χ1n) is 7.59. The number of rotatable bonds is 3. The van der Waals surface area contributed by atoms with Gasteiger partial charge in [0.05, 0.1) is 22.5 Å². The maximum absolute atomic E-state index is 13.1. The van der Waals surface area contributed by atoms with E-state index < -0.39 is 11.9 Å². The summed E-state index contributed by atoms with van der Waals surface area (Å²) in [5.41, 5.74) is 0.455. The number of aromatic amines is 1. The SMILES string of the molecule is CCOc1nc2ccc(C(F)(F)F)nc2n1-c1ccc2[nH]c(=O)sc2c1. The van der Waals surface area contributed by atoms with Crippen LogP contribution in [0.4, 0.5) is 13.2 Å². The lowest BCUT2D eigenvalue weighted by Crippen LogP contribution is -2.09. The number of alkyl halides is 3. The topological polar surface area (TPSA) is 72.8 Å². The molecule has 3 heterocycles. The van der Waals surface area contributed by atoms with Crippen LogP contribution in [0.3, 0.4) is 0 Å². The lowest BCUT2D eigenvalue weighted by Gasteiger charge is -2.10. The minimum Gasteiger partial charge on any atom is -0.465 e. The predicted molar refractivity (Wildman–Crippen MR) is 91.0 cm³/mol. The molecular formula is C16H11F3N4O2S. The van der Waals surface area contributed by atoms with Crippen LogP contribution in [-0.2, 0) is 6.18 Å². The Labute approximate surface area is 147 Å². The van der Waals surface area contributed by atoms with Crippen molar-refractivity contribution in [1.29, 1.82) is 0 Å². The molecule has 0 aliphatic heterocycles. The highest BCUT2D eigenvalue weighted by Gasteiger charge is 2.33. The van der Waals surface area contributed by atoms with Gasteiger partial charge in [-0.25, -0.2) is 9.55 Å². The molecule has 6 nitrogen and oxygen atoms in total. The molecule has 0 atom stereocenters. The minimum absolute atomic E-state index is 0.0329. The molecular weight excluding hydrogens is 369 g/mol. The first-order valence-corrected chi connectivity index (χ1v) is 8.41. The molecule has 0 spiro atoms. The van der Waals surface area contributed by atoms with Gasteiger partial charge in [0.1, 0.15) is 11.2 Å². The van der Waals surface area contributed by atoms with Gasteiger partial charge in [-0.15, -0.1) is 0 Å². The molecule has 0 unspecified atom stereocenters. The van der Waals surface area contributed by atoms with Gasteiger partial charge in [-0.2, -0.15) is 18.2 Å². The molecule has 0 aliphatic rings. The molecule has 10 heteroatoms. The largest absolute Gasteiger partial charge is 0.465 e. The summed E-state index contributed by atoms with van der Waals surface area (Å²) in [7, 11) is 0. The summed E-state index contributed by atoms with van der Waals surface area (Å²) < 4.78 is 46.7. The molecule has 4 rings (SSSR count). The molecule has 134 valence electrons. The maximum atomic E-state index is 13.1. The monoisotopic (exact) mass is 380 g/mol. The van der Waals surface area contributed by atoms with Crippen LogP contribution >= 0.6 is 11.3 Å². The number of hydrogen-bond acceptors (Lipinski definition) is 5. The molecule has 4 aromatic rings. The van der Waals surface area contributed by atoms with Gasteiger partial charge in [0, 0.05) is 0 Å². The molecule has 0 fully saturated rings. The van der Waals surface area contributed by atoms with Crippen molar-refractivity contribution in [2.24, 2.45) is 0 Å². The van der Waals surface area contributed by atoms with Gasteiger partial charge in [-0.3, -0.25) is 4.79 Å². The molecule has 1 N–H and O–H groups in total. The maximum Gasteiger partial charge on any atom is 0.433 e. The van der Waals surface area contributed by atoms with Crippen LogP contribution in [0.5, 0.6) is 6.01 Å². The number of halogens is 3. The van der Waals surface area contributed by atoms with Crippen LogP contribution in [-0.4, -0.2) is 26.1 Å². The van der Waals surface area contributed by atoms with Gasteiger partial charge in [-0.1, -0.05) is 11.3 Å². The zero-order valence-electron chi connectivity index (χ0n) is 13.3. The Bertz CT molecular complexity index is 1180. The van der Waals surface area contributed by atoms with Crippen molar-refractivity contribution in [3.05, 3.63) is 45.7 Å². The van der Waals surface area contributed by atoms with E-state index in [1.807, 2.05) is 0 Å². The van der Waals surface area contributed by atoms with E-state index in [0.29, 0.717) is 15.9 Å². The van der Waals surface area contributed by atoms with Crippen molar-refractivity contribution in [1.82, 2.24) is 19.5 Å². The van der Waals surface area contributed by atoms with Crippen LogP contribution in [0, 0.1) is 0 Å². The highest BCUT2D eigenvalue weighted by atomic mass is 32.1. The van der Waals surface area contributed by atoms with Crippen molar-refractivity contribution in [2.75, 3.05) is 6.61 Å². The number of aromatic nitrogens is 4. The molecule has 26 heavy (non-hydrogen) atoms. The van der Waals surface area contributed by atoms with Crippen molar-refractivity contribution in [3.63, 3.8) is 0 Å². The summed E-state index contributed by atoms with van der Waals surface area (Å²) in [6.45, 7) is 2.04. The van der Waals surface area contributed by atoms with E-state index in [2.05, 4.69) is 15.0 Å². The van der Waals surface area contributed by atoms with Gasteiger partial charge in [0.25, 0.3) is 0 Å². The fourth-order valence-corrected chi connectivity index (χ4v) is 3.40. The first-order chi connectivity index (χ1) is 12.4. The Kier molecular flexibility index (Phi) is 3.72. The lowest BCUT2D eigenvalue weighted by molar-refractivity contribution is -0.141. The summed E-state index contributed by atoms with van der Waals surface area (Å²) in [5, 5.41) is 0. The summed E-state index contributed by atoms with van der Waals surface area (Å²) in [5.74, 6) is 0. The fraction of sp³-hybridized carbons (Fsp3) is 0.188. The average molecular weight is 380 g/mol. The van der Waals surface area contributed by atoms with Crippen LogP contribution in [0.1, 0.15) is 12.6 Å². The Morgan fingerprint density at radius 3 is 2.77 bits per heavy atom. The van der Waals surface area contributed by atoms with Crippen LogP contribution in [0.15, 0.2) is 35.1 Å². The van der Waals surface area contributed by atoms with Crippen molar-refractivity contribution in [2.45, 2.75) is 13.1 Å². The number of thiazole rings is 1. The van der Waals surface area contributed by atoms with E-state index >= 15 is 0 Å². The Balaban J connectivity index is 2.00. The quantitative estimate of drug-likeness (QED) is 0.588. The van der Waals surface area contributed by atoms with E-state index in [1.54, 1.807) is 25.1 Å². The molecule has 0 bridgehead atoms. The second kappa shape index (κ2) is 5.84. The zero-order valence-corrected chi connectivity index (χ0v) is 14.1. The zero-order chi connectivity index (χ0) is 18.5. The molecule has 0 aliphatic carbocycles. The molecule has 3 aromatic heterocycles. The lowest BCUT2D eigenvalue weighted by atomic mass is 10.3. The standard InChI is InChI=1S/C16H11F3N4O2S/c1-2-25-14-20-10-5-6-12(16(17,18)19)22-13(10)23(14)8-3-4-9-11(7-8)26-15(24)21-9/h3-7H,2H2,1H3,(H,21,24). The number of imidazole rings is 1. The molecule has 0 radical (unpaired) electrons. The van der Waals surface area contributed by atoms with Crippen LogP contribution in [0.25, 0.3) is 27.1 Å². The third-order valence-electron chi connectivity index (χ3n) is 3.70. The third kappa shape index (κ3) is 2.71. The van der Waals surface area contributed by atoms with E-state index in [1.165, 1.54) is 10.6 Å². The summed E-state index contributed by atoms with van der Waals surface area (Å²) in [6, 6.07) is 7.31. The van der Waals surface area contributed by atoms with Crippen molar-refractivity contribution >= 4 is 32.7 Å². The molecule has 1 aromatic carbocycles. The number of fused-ring (bicyclic) bond motifs is 2. The van der Waals surface area contributed by atoms with E-state index in [4.69, 9.17) is 4.74 Å². The second-order valence-electron chi connectivity index (χ2n) is 5.39. The van der Waals surface area contributed by atoms with Gasteiger partial charge in [0.2, 0.25) is 0 Å². The van der Waals surface area contributed by atoms with Gasteiger partial charge >= 0.3 is 17.1 Å². The van der Waals surface area contributed by atoms with Crippen molar-refractivity contribution < 1.29 is 17.9 Å². The molecule has 0 saturated heterocycles. The van der Waals surface area contributed by atoms with Gasteiger partial charge in [0.15, 0.2) is 5.65 Å². The van der Waals surface area contributed by atoms with Gasteiger partial charge < -0.3 is 9.72 Å². The Hall–Kier alpha value is -2.88. The predicted octanol–water partition coefficient (Wildman–Crippen LogP) is 3.74. The first kappa shape index (κ1) is 16.6. The highest BCUT2D eigenvalue weighted by molar-refractivity contribution is 7.16. The Morgan fingerprint density at radius 2 is 2.04 bits per heavy atom. The number of benzene rings is 1. The number of pyridine rings is 1. The van der Waals surface area contributed by atoms with Gasteiger partial charge in [-0.05, 0) is 37.3 Å². The second-order valence-corrected chi connectivity index (χ2v) is 6.41. The Morgan fingerprint density at radius 1 is 1.23 bits per heavy atom. The highest BCUT2D eigenvalue weighted by Crippen LogP contribution is 2.32. The smallest absolute Gasteiger partial charge is 0.433 e. The number of nitrogens with zero attached hydrogens (tertiary/aromatic N) is 3. The number of nitrogens with one attached hydrogen (secondary N) is 1. The number of H-pyrrole nitrogens is 1. The summed E-state index contributed by atoms with van der Waals surface area (Å²) in [6.07, 6.45) is -4.57. The van der Waals surface area contributed by atoms with E-state index in [-0.39, 0.29) is 28.7 Å². The molecule has 0 amide bonds. The molecule has 0 saturated carbocycles. The number of hydrogen-bond donors (Lipinski definition) is 1. The normalized spacial score (nSPS) is 12.2. The fourth-order valence-electron chi connectivity index (χ4n) is 2.63. The van der Waals surface area contributed by atoms with Crippen LogP contribution < -0.4 is 9.61 Å². The minimum atomic E-state index is -4.57. The third-order valence-corrected chi connectivity index (χ3v) is 4.55. The van der Waals surface area contributed by atoms with Crippen LogP contribution in [0.2, 0.25) is 0 Å². The van der Waals surface area contributed by atoms with Crippen molar-refractivity contribution in [3.8, 4) is 11.7 Å². The summed E-state index contributed by atoms with van der Waals surface area (Å²) in [4.78, 5) is 21.9. The van der Waals surface area contributed by atoms with E-state index in [9.17, 15) is 18.0 Å². The number of ether oxygens (including phenoxy) is 1.